The molecular formula is C18H22ClN3O3. The summed E-state index contributed by atoms with van der Waals surface area (Å²) >= 11 is 6.04. The number of hydrogen-bond donors (Lipinski definition) is 2. The standard InChI is InChI=1S/C18H22ClN3O3/c1-2-21(11-18(24)25)15-8-14(9-15)20-17(23)10-22-6-5-12-3-4-13(19)7-16(12)22/h3-7,14-15H,2,8-11H2,1H3,(H,20,23)(H,24,25). The second-order valence-corrected chi connectivity index (χ2v) is 6.93. The van der Waals surface area contributed by atoms with E-state index in [4.69, 9.17) is 16.7 Å². The predicted octanol–water partition coefficient (Wildman–Crippen LogP) is 2.35. The molecule has 25 heavy (non-hydrogen) atoms. The molecule has 1 aromatic carbocycles. The fourth-order valence-electron chi connectivity index (χ4n) is 3.40. The maximum absolute atomic E-state index is 12.3. The number of carboxylic acids is 1. The third-order valence-electron chi connectivity index (χ3n) is 4.79. The first-order chi connectivity index (χ1) is 12.0. The number of fused-ring (bicyclic) bond motifs is 1. The van der Waals surface area contributed by atoms with Gasteiger partial charge in [-0.3, -0.25) is 14.5 Å². The van der Waals surface area contributed by atoms with Gasteiger partial charge in [-0.05, 0) is 43.0 Å². The van der Waals surface area contributed by atoms with E-state index in [1.165, 1.54) is 0 Å². The lowest BCUT2D eigenvalue weighted by Gasteiger charge is -2.42. The van der Waals surface area contributed by atoms with Gasteiger partial charge in [-0.2, -0.15) is 0 Å². The molecule has 0 spiro atoms. The number of carbonyl (C=O) groups is 2. The zero-order valence-electron chi connectivity index (χ0n) is 14.1. The van der Waals surface area contributed by atoms with Crippen LogP contribution in [0.3, 0.4) is 0 Å². The Balaban J connectivity index is 1.52. The van der Waals surface area contributed by atoms with Crippen LogP contribution in [0.5, 0.6) is 0 Å². The molecule has 2 N–H and O–H groups in total. The summed E-state index contributed by atoms with van der Waals surface area (Å²) in [5.41, 5.74) is 0.938. The van der Waals surface area contributed by atoms with E-state index in [1.807, 2.05) is 46.9 Å². The van der Waals surface area contributed by atoms with Crippen molar-refractivity contribution in [1.29, 1.82) is 0 Å². The van der Waals surface area contributed by atoms with Crippen molar-refractivity contribution < 1.29 is 14.7 Å². The van der Waals surface area contributed by atoms with Crippen molar-refractivity contribution in [2.45, 2.75) is 38.4 Å². The normalized spacial score (nSPS) is 19.8. The largest absolute Gasteiger partial charge is 0.480 e. The fraction of sp³-hybridized carbons (Fsp3) is 0.444. The molecule has 6 nitrogen and oxygen atoms in total. The molecule has 0 unspecified atom stereocenters. The summed E-state index contributed by atoms with van der Waals surface area (Å²) in [7, 11) is 0. The zero-order chi connectivity index (χ0) is 18.0. The van der Waals surface area contributed by atoms with Crippen molar-refractivity contribution in [1.82, 2.24) is 14.8 Å². The summed E-state index contributed by atoms with van der Waals surface area (Å²) in [5.74, 6) is -0.852. The molecular weight excluding hydrogens is 342 g/mol. The van der Waals surface area contributed by atoms with Crippen molar-refractivity contribution in [3.05, 3.63) is 35.5 Å². The maximum atomic E-state index is 12.3. The monoisotopic (exact) mass is 363 g/mol. The molecule has 0 radical (unpaired) electrons. The van der Waals surface area contributed by atoms with Crippen LogP contribution in [0.2, 0.25) is 5.02 Å². The van der Waals surface area contributed by atoms with Crippen LogP contribution in [0.25, 0.3) is 10.9 Å². The number of amides is 1. The van der Waals surface area contributed by atoms with Gasteiger partial charge in [0.15, 0.2) is 0 Å². The van der Waals surface area contributed by atoms with E-state index in [-0.39, 0.29) is 31.1 Å². The van der Waals surface area contributed by atoms with E-state index in [1.54, 1.807) is 0 Å². The van der Waals surface area contributed by atoms with E-state index >= 15 is 0 Å². The molecule has 1 aliphatic carbocycles. The smallest absolute Gasteiger partial charge is 0.317 e. The van der Waals surface area contributed by atoms with E-state index in [0.29, 0.717) is 11.6 Å². The highest BCUT2D eigenvalue weighted by Gasteiger charge is 2.34. The van der Waals surface area contributed by atoms with Gasteiger partial charge in [-0.25, -0.2) is 0 Å². The average Bonchev–Trinajstić information content (AvgIpc) is 2.90. The summed E-state index contributed by atoms with van der Waals surface area (Å²) in [4.78, 5) is 25.1. The number of nitrogens with one attached hydrogen (secondary N) is 1. The topological polar surface area (TPSA) is 74.6 Å². The Kier molecular flexibility index (Phi) is 5.30. The number of aromatic nitrogens is 1. The molecule has 0 saturated heterocycles. The zero-order valence-corrected chi connectivity index (χ0v) is 14.9. The quantitative estimate of drug-likeness (QED) is 0.791. The van der Waals surface area contributed by atoms with Crippen molar-refractivity contribution >= 4 is 34.4 Å². The Morgan fingerprint density at radius 1 is 1.36 bits per heavy atom. The van der Waals surface area contributed by atoms with Crippen LogP contribution in [-0.2, 0) is 16.1 Å². The van der Waals surface area contributed by atoms with Crippen molar-refractivity contribution in [2.24, 2.45) is 0 Å². The lowest BCUT2D eigenvalue weighted by molar-refractivity contribution is -0.139. The van der Waals surface area contributed by atoms with Crippen LogP contribution in [0, 0.1) is 0 Å². The molecule has 1 heterocycles. The summed E-state index contributed by atoms with van der Waals surface area (Å²) < 4.78 is 1.88. The average molecular weight is 364 g/mol. The molecule has 3 rings (SSSR count). The van der Waals surface area contributed by atoms with Crippen LogP contribution in [0.1, 0.15) is 19.8 Å². The molecule has 1 aromatic heterocycles. The van der Waals surface area contributed by atoms with Crippen LogP contribution in [0.15, 0.2) is 30.5 Å². The van der Waals surface area contributed by atoms with Crippen molar-refractivity contribution in [3.63, 3.8) is 0 Å². The number of aliphatic carboxylic acids is 1. The summed E-state index contributed by atoms with van der Waals surface area (Å²) in [5, 5.41) is 13.6. The second-order valence-electron chi connectivity index (χ2n) is 6.49. The van der Waals surface area contributed by atoms with Crippen LogP contribution in [0.4, 0.5) is 0 Å². The van der Waals surface area contributed by atoms with Crippen LogP contribution >= 0.6 is 11.6 Å². The molecule has 0 aliphatic heterocycles. The van der Waals surface area contributed by atoms with Gasteiger partial charge in [0.25, 0.3) is 0 Å². The van der Waals surface area contributed by atoms with Gasteiger partial charge in [-0.15, -0.1) is 0 Å². The van der Waals surface area contributed by atoms with Crippen LogP contribution in [-0.4, -0.2) is 51.6 Å². The van der Waals surface area contributed by atoms with Crippen LogP contribution < -0.4 is 5.32 Å². The number of likely N-dealkylation sites (N-methyl/N-ethyl adjacent to an activating group) is 1. The number of carboxylic acid groups (broad SMARTS) is 1. The Hall–Kier alpha value is -2.05. The van der Waals surface area contributed by atoms with E-state index in [9.17, 15) is 9.59 Å². The van der Waals surface area contributed by atoms with Gasteiger partial charge in [0.1, 0.15) is 6.54 Å². The number of halogens is 1. The Morgan fingerprint density at radius 3 is 2.80 bits per heavy atom. The van der Waals surface area contributed by atoms with Gasteiger partial charge in [0.05, 0.1) is 6.54 Å². The van der Waals surface area contributed by atoms with E-state index in [2.05, 4.69) is 5.32 Å². The number of benzene rings is 1. The number of hydrogen-bond acceptors (Lipinski definition) is 3. The molecule has 0 atom stereocenters. The highest BCUT2D eigenvalue weighted by molar-refractivity contribution is 6.31. The molecule has 134 valence electrons. The van der Waals surface area contributed by atoms with Crippen molar-refractivity contribution in [2.75, 3.05) is 13.1 Å². The lowest BCUT2D eigenvalue weighted by atomic mass is 9.85. The highest BCUT2D eigenvalue weighted by atomic mass is 35.5. The maximum Gasteiger partial charge on any atom is 0.317 e. The minimum Gasteiger partial charge on any atom is -0.480 e. The summed E-state index contributed by atoms with van der Waals surface area (Å²) in [6.45, 7) is 2.96. The minimum absolute atomic E-state index is 0.0396. The molecule has 1 saturated carbocycles. The van der Waals surface area contributed by atoms with Gasteiger partial charge in [0.2, 0.25) is 5.91 Å². The number of nitrogens with zero attached hydrogens (tertiary/aromatic N) is 2. The first kappa shape index (κ1) is 17.8. The fourth-order valence-corrected chi connectivity index (χ4v) is 3.57. The SMILES string of the molecule is CCN(CC(=O)O)C1CC(NC(=O)Cn2ccc3ccc(Cl)cc32)C1. The van der Waals surface area contributed by atoms with Crippen molar-refractivity contribution in [3.8, 4) is 0 Å². The molecule has 2 aromatic rings. The number of rotatable bonds is 7. The lowest BCUT2D eigenvalue weighted by Crippen LogP contribution is -2.55. The van der Waals surface area contributed by atoms with Gasteiger partial charge in [-0.1, -0.05) is 24.6 Å². The number of carbonyl (C=O) groups excluding carboxylic acids is 1. The molecule has 1 aliphatic rings. The minimum atomic E-state index is -0.813. The predicted molar refractivity (Wildman–Crippen MR) is 96.8 cm³/mol. The molecule has 1 fully saturated rings. The third-order valence-corrected chi connectivity index (χ3v) is 5.02. The Morgan fingerprint density at radius 2 is 2.12 bits per heavy atom. The summed E-state index contributed by atoms with van der Waals surface area (Å²) in [6.07, 6.45) is 3.48. The third kappa shape index (κ3) is 4.14. The Bertz CT molecular complexity index is 783. The first-order valence-corrected chi connectivity index (χ1v) is 8.83. The van der Waals surface area contributed by atoms with Gasteiger partial charge >= 0.3 is 5.97 Å². The Labute approximate surface area is 151 Å². The molecule has 0 bridgehead atoms. The van der Waals surface area contributed by atoms with E-state index < -0.39 is 5.97 Å². The first-order valence-electron chi connectivity index (χ1n) is 8.46. The molecule has 1 amide bonds. The van der Waals surface area contributed by atoms with Gasteiger partial charge in [0, 0.05) is 28.8 Å². The summed E-state index contributed by atoms with van der Waals surface area (Å²) in [6, 6.07) is 7.94. The highest BCUT2D eigenvalue weighted by Crippen LogP contribution is 2.26. The molecule has 7 heteroatoms. The van der Waals surface area contributed by atoms with Gasteiger partial charge < -0.3 is 15.0 Å². The van der Waals surface area contributed by atoms with E-state index in [0.717, 1.165) is 23.7 Å². The second kappa shape index (κ2) is 7.45.